The summed E-state index contributed by atoms with van der Waals surface area (Å²) in [6.07, 6.45) is 2.21. The van der Waals surface area contributed by atoms with Gasteiger partial charge in [-0.05, 0) is 42.0 Å². The standard InChI is InChI=1S/C28H30N2O5/c1-2-3-15-25(26(31)29-24-16-9-8-14-22(24)27(32)33)30-28(34)35-17-23-20-12-6-4-10-18(20)19-11-5-7-13-21(19)23/h4-7,10-13,22-25H,8-9,14-17H2,1H3,(H,29,31)(H,30,34)(H,32,33)/t22-,24+,25?/m0/s1. The maximum Gasteiger partial charge on any atom is 0.407 e. The maximum atomic E-state index is 13.0. The molecule has 0 saturated heterocycles. The predicted octanol–water partition coefficient (Wildman–Crippen LogP) is 4.07. The number of carbonyl (C=O) groups excluding carboxylic acids is 2. The number of fused-ring (bicyclic) bond motifs is 3. The number of amides is 2. The number of ether oxygens (including phenoxy) is 1. The van der Waals surface area contributed by atoms with E-state index in [2.05, 4.69) is 34.6 Å². The zero-order valence-corrected chi connectivity index (χ0v) is 19.8. The number of benzene rings is 2. The normalized spacial score (nSPS) is 19.3. The van der Waals surface area contributed by atoms with Crippen molar-refractivity contribution in [2.75, 3.05) is 6.61 Å². The van der Waals surface area contributed by atoms with Crippen LogP contribution in [0.4, 0.5) is 4.79 Å². The van der Waals surface area contributed by atoms with Crippen molar-refractivity contribution in [3.8, 4) is 23.0 Å². The Bertz CT molecular complexity index is 1120. The summed E-state index contributed by atoms with van der Waals surface area (Å²) < 4.78 is 5.58. The predicted molar refractivity (Wildman–Crippen MR) is 132 cm³/mol. The molecule has 3 N–H and O–H groups in total. The van der Waals surface area contributed by atoms with Gasteiger partial charge < -0.3 is 20.5 Å². The van der Waals surface area contributed by atoms with E-state index in [0.717, 1.165) is 35.1 Å². The molecular formula is C28H30N2O5. The number of carboxylic acids is 1. The Kier molecular flexibility index (Phi) is 7.71. The van der Waals surface area contributed by atoms with E-state index in [1.165, 1.54) is 0 Å². The van der Waals surface area contributed by atoms with E-state index in [1.807, 2.05) is 36.4 Å². The van der Waals surface area contributed by atoms with Crippen molar-refractivity contribution in [3.63, 3.8) is 0 Å². The van der Waals surface area contributed by atoms with Crippen molar-refractivity contribution in [1.82, 2.24) is 10.6 Å². The van der Waals surface area contributed by atoms with Gasteiger partial charge in [-0.25, -0.2) is 4.79 Å². The summed E-state index contributed by atoms with van der Waals surface area (Å²) in [5, 5.41) is 15.0. The molecule has 2 amide bonds. The first kappa shape index (κ1) is 24.3. The fourth-order valence-corrected chi connectivity index (χ4v) is 5.08. The van der Waals surface area contributed by atoms with Gasteiger partial charge in [0.2, 0.25) is 5.91 Å². The fourth-order valence-electron chi connectivity index (χ4n) is 5.08. The Balaban J connectivity index is 1.40. The molecule has 0 spiro atoms. The lowest BCUT2D eigenvalue weighted by atomic mass is 9.84. The van der Waals surface area contributed by atoms with Gasteiger partial charge in [0.1, 0.15) is 12.6 Å². The number of aliphatic carboxylic acids is 1. The summed E-state index contributed by atoms with van der Waals surface area (Å²) in [5.41, 5.74) is 4.47. The van der Waals surface area contributed by atoms with E-state index in [0.29, 0.717) is 12.8 Å². The highest BCUT2D eigenvalue weighted by molar-refractivity contribution is 5.87. The first-order valence-corrected chi connectivity index (χ1v) is 12.0. The summed E-state index contributed by atoms with van der Waals surface area (Å²) in [7, 11) is 0. The lowest BCUT2D eigenvalue weighted by Crippen LogP contribution is -2.53. The molecule has 0 aliphatic heterocycles. The molecule has 2 aliphatic carbocycles. The fraction of sp³-hybridized carbons (Fsp3) is 0.393. The first-order chi connectivity index (χ1) is 17.0. The van der Waals surface area contributed by atoms with E-state index in [4.69, 9.17) is 4.74 Å². The Labute approximate surface area is 205 Å². The minimum atomic E-state index is -0.936. The number of carboxylic acid groups (broad SMARTS) is 1. The van der Waals surface area contributed by atoms with Crippen molar-refractivity contribution in [3.05, 3.63) is 59.7 Å². The molecule has 4 rings (SSSR count). The number of hydrogen-bond donors (Lipinski definition) is 3. The average Bonchev–Trinajstić information content (AvgIpc) is 3.19. The van der Waals surface area contributed by atoms with Crippen LogP contribution >= 0.6 is 0 Å². The van der Waals surface area contributed by atoms with Crippen LogP contribution in [-0.2, 0) is 14.3 Å². The van der Waals surface area contributed by atoms with Crippen molar-refractivity contribution < 1.29 is 24.2 Å². The second kappa shape index (κ2) is 11.1. The first-order valence-electron chi connectivity index (χ1n) is 12.0. The van der Waals surface area contributed by atoms with Gasteiger partial charge in [-0.3, -0.25) is 9.59 Å². The van der Waals surface area contributed by atoms with Crippen LogP contribution in [0.15, 0.2) is 48.5 Å². The van der Waals surface area contributed by atoms with Crippen LogP contribution in [0.5, 0.6) is 0 Å². The highest BCUT2D eigenvalue weighted by Gasteiger charge is 2.34. The van der Waals surface area contributed by atoms with Gasteiger partial charge in [-0.2, -0.15) is 0 Å². The largest absolute Gasteiger partial charge is 0.481 e. The van der Waals surface area contributed by atoms with E-state index < -0.39 is 36.0 Å². The zero-order valence-electron chi connectivity index (χ0n) is 19.8. The molecule has 1 fully saturated rings. The number of alkyl carbamates (subject to hydrolysis) is 1. The zero-order chi connectivity index (χ0) is 24.8. The molecule has 2 aromatic carbocycles. The molecule has 182 valence electrons. The molecule has 7 nitrogen and oxygen atoms in total. The van der Waals surface area contributed by atoms with Gasteiger partial charge in [-0.1, -0.05) is 61.4 Å². The third-order valence-electron chi connectivity index (χ3n) is 6.85. The molecule has 2 aliphatic rings. The van der Waals surface area contributed by atoms with E-state index in [9.17, 15) is 19.5 Å². The van der Waals surface area contributed by atoms with Gasteiger partial charge >= 0.3 is 12.1 Å². The molecule has 0 aromatic heterocycles. The third-order valence-corrected chi connectivity index (χ3v) is 6.85. The smallest absolute Gasteiger partial charge is 0.407 e. The van der Waals surface area contributed by atoms with Crippen molar-refractivity contribution in [2.24, 2.45) is 5.92 Å². The molecule has 0 radical (unpaired) electrons. The van der Waals surface area contributed by atoms with Gasteiger partial charge in [0, 0.05) is 18.4 Å². The van der Waals surface area contributed by atoms with Crippen LogP contribution in [0.25, 0.3) is 11.1 Å². The van der Waals surface area contributed by atoms with Crippen LogP contribution in [0.3, 0.4) is 0 Å². The second-order valence-electron chi connectivity index (χ2n) is 9.00. The van der Waals surface area contributed by atoms with E-state index in [-0.39, 0.29) is 18.9 Å². The summed E-state index contributed by atoms with van der Waals surface area (Å²) in [6.45, 7) is 1.79. The lowest BCUT2D eigenvalue weighted by Gasteiger charge is -2.30. The molecular weight excluding hydrogens is 444 g/mol. The van der Waals surface area contributed by atoms with E-state index in [1.54, 1.807) is 6.92 Å². The van der Waals surface area contributed by atoms with Crippen LogP contribution < -0.4 is 10.6 Å². The Morgan fingerprint density at radius 2 is 1.66 bits per heavy atom. The third kappa shape index (κ3) is 5.48. The van der Waals surface area contributed by atoms with E-state index >= 15 is 0 Å². The van der Waals surface area contributed by atoms with Gasteiger partial charge in [0.05, 0.1) is 5.92 Å². The molecule has 2 aromatic rings. The molecule has 35 heavy (non-hydrogen) atoms. The number of hydrogen-bond acceptors (Lipinski definition) is 4. The van der Waals surface area contributed by atoms with Crippen molar-refractivity contribution >= 4 is 18.0 Å². The highest BCUT2D eigenvalue weighted by Crippen LogP contribution is 2.44. The molecule has 1 unspecified atom stereocenters. The Hall–Kier alpha value is -3.79. The number of carbonyl (C=O) groups is 3. The van der Waals surface area contributed by atoms with Gasteiger partial charge in [0.15, 0.2) is 0 Å². The lowest BCUT2D eigenvalue weighted by molar-refractivity contribution is -0.144. The van der Waals surface area contributed by atoms with Gasteiger partial charge in [-0.15, -0.1) is 11.8 Å². The SMILES string of the molecule is CC#CCC(NC(=O)OCC1c2ccccc2-c2ccccc21)C(=O)N[C@@H]1CCCC[C@@H]1C(=O)O. The molecule has 3 atom stereocenters. The second-order valence-corrected chi connectivity index (χ2v) is 9.00. The average molecular weight is 475 g/mol. The number of rotatable bonds is 7. The van der Waals surface area contributed by atoms with Crippen LogP contribution in [0, 0.1) is 17.8 Å². The van der Waals surface area contributed by atoms with Crippen molar-refractivity contribution in [2.45, 2.75) is 57.0 Å². The van der Waals surface area contributed by atoms with Crippen molar-refractivity contribution in [1.29, 1.82) is 0 Å². The molecule has 0 heterocycles. The highest BCUT2D eigenvalue weighted by atomic mass is 16.5. The van der Waals surface area contributed by atoms with Crippen LogP contribution in [0.2, 0.25) is 0 Å². The summed E-state index contributed by atoms with van der Waals surface area (Å²) in [4.78, 5) is 37.3. The molecule has 1 saturated carbocycles. The number of nitrogens with one attached hydrogen (secondary N) is 2. The van der Waals surface area contributed by atoms with Crippen LogP contribution in [0.1, 0.15) is 56.1 Å². The quantitative estimate of drug-likeness (QED) is 0.525. The monoisotopic (exact) mass is 474 g/mol. The summed E-state index contributed by atoms with van der Waals surface area (Å²) >= 11 is 0. The molecule has 7 heteroatoms. The Morgan fingerprint density at radius 1 is 1.03 bits per heavy atom. The topological polar surface area (TPSA) is 105 Å². The minimum absolute atomic E-state index is 0.0885. The maximum absolute atomic E-state index is 13.0. The Morgan fingerprint density at radius 3 is 2.29 bits per heavy atom. The van der Waals surface area contributed by atoms with Gasteiger partial charge in [0.25, 0.3) is 0 Å². The minimum Gasteiger partial charge on any atom is -0.481 e. The van der Waals surface area contributed by atoms with Crippen LogP contribution in [-0.4, -0.2) is 41.8 Å². The summed E-state index contributed by atoms with van der Waals surface area (Å²) in [6, 6.07) is 14.7. The molecule has 0 bridgehead atoms. The summed E-state index contributed by atoms with van der Waals surface area (Å²) in [5.74, 6) is 3.50.